The molecule has 7 rings (SSSR count). The van der Waals surface area contributed by atoms with Crippen LogP contribution in [0.15, 0.2) is 67.8 Å². The van der Waals surface area contributed by atoms with Crippen LogP contribution in [-0.4, -0.2) is 61.3 Å². The summed E-state index contributed by atoms with van der Waals surface area (Å²) in [7, 11) is -4.47. The lowest BCUT2D eigenvalue weighted by Gasteiger charge is -2.15. The Bertz CT molecular complexity index is 2730. The second kappa shape index (κ2) is 12.7. The van der Waals surface area contributed by atoms with Gasteiger partial charge in [0.1, 0.15) is 0 Å². The van der Waals surface area contributed by atoms with Crippen molar-refractivity contribution in [2.24, 2.45) is 20.5 Å². The molecule has 0 radical (unpaired) electrons. The average Bonchev–Trinajstić information content (AvgIpc) is 3.84. The summed E-state index contributed by atoms with van der Waals surface area (Å²) in [6, 6.07) is 10.9. The van der Waals surface area contributed by atoms with Gasteiger partial charge in [0.25, 0.3) is 22.0 Å². The Morgan fingerprint density at radius 3 is 1.70 bits per heavy atom. The third-order valence-corrected chi connectivity index (χ3v) is 10.1. The smallest absolute Gasteiger partial charge is 0.320 e. The summed E-state index contributed by atoms with van der Waals surface area (Å²) in [6.45, 7) is 11.5. The van der Waals surface area contributed by atoms with E-state index in [-0.39, 0.29) is 44.8 Å². The largest absolute Gasteiger partial charge is 0.479 e. The van der Waals surface area contributed by atoms with Gasteiger partial charge in [-0.05, 0) is 53.4 Å². The fourth-order valence-corrected chi connectivity index (χ4v) is 7.05. The first kappa shape index (κ1) is 35.6. The van der Waals surface area contributed by atoms with Crippen LogP contribution in [0.25, 0.3) is 33.7 Å². The van der Waals surface area contributed by atoms with Crippen LogP contribution >= 0.6 is 23.1 Å². The Kier molecular flexibility index (Phi) is 8.51. The summed E-state index contributed by atoms with van der Waals surface area (Å²) in [5.41, 5.74) is 14.6. The van der Waals surface area contributed by atoms with E-state index in [9.17, 15) is 18.1 Å². The fourth-order valence-electron chi connectivity index (χ4n) is 5.17. The first-order valence-electron chi connectivity index (χ1n) is 15.7. The second-order valence-electron chi connectivity index (χ2n) is 13.8. The summed E-state index contributed by atoms with van der Waals surface area (Å²) in [5.74, 6) is -0.306. The Morgan fingerprint density at radius 2 is 1.19 bits per heavy atom. The normalized spacial score (nSPS) is 13.0. The maximum absolute atomic E-state index is 11.8. The molecule has 0 aliphatic carbocycles. The van der Waals surface area contributed by atoms with Crippen molar-refractivity contribution >= 4 is 88.0 Å². The van der Waals surface area contributed by atoms with Crippen LogP contribution in [0.2, 0.25) is 0 Å². The predicted octanol–water partition coefficient (Wildman–Crippen LogP) is 7.00. The highest BCUT2D eigenvalue weighted by atomic mass is 32.2. The van der Waals surface area contributed by atoms with Crippen molar-refractivity contribution in [2.75, 3.05) is 11.5 Å². The highest BCUT2D eigenvalue weighted by molar-refractivity contribution is 7.85. The van der Waals surface area contributed by atoms with Gasteiger partial charge >= 0.3 is 6.01 Å². The minimum absolute atomic E-state index is 0.0299. The molecule has 0 bridgehead atoms. The zero-order valence-electron chi connectivity index (χ0n) is 28.9. The number of fused-ring (bicyclic) bond motifs is 2. The molecule has 53 heavy (non-hydrogen) atoms. The zero-order chi connectivity index (χ0) is 38.0. The number of aromatic hydroxyl groups is 1. The minimum Gasteiger partial charge on any atom is -0.479 e. The highest BCUT2D eigenvalue weighted by Gasteiger charge is 2.31. The molecular weight excluding hydrogens is 743 g/mol. The molecule has 7 aromatic rings. The Hall–Kier alpha value is -5.84. The molecule has 0 saturated heterocycles. The van der Waals surface area contributed by atoms with Crippen LogP contribution in [-0.2, 0) is 20.9 Å². The van der Waals surface area contributed by atoms with Crippen molar-refractivity contribution in [2.45, 2.75) is 57.3 Å². The molecule has 0 fully saturated rings. The third-order valence-electron chi connectivity index (χ3n) is 7.76. The van der Waals surface area contributed by atoms with E-state index in [1.165, 1.54) is 39.1 Å². The molecular formula is C31H31N15O4S3. The average molecular weight is 774 g/mol. The number of hydrogen-bond donors (Lipinski definition) is 4. The summed E-state index contributed by atoms with van der Waals surface area (Å²) in [5, 5.41) is 39.8. The van der Waals surface area contributed by atoms with Crippen molar-refractivity contribution in [1.29, 1.82) is 0 Å². The minimum atomic E-state index is -4.47. The molecule has 19 nitrogen and oxygen atoms in total. The number of hydrogen-bond acceptors (Lipinski definition) is 18. The second-order valence-corrected chi connectivity index (χ2v) is 16.7. The SMILES string of the molecule is CC(C)(C)c1nn(-c2nc(O)nc(-n3nc(C(C)(C)C)c(N=Nc4snc5ccc(S(=O)(=O)O)cc45)c3N)n2)c(N)c1N=Nc1snc2ccccc12. The van der Waals surface area contributed by atoms with Gasteiger partial charge < -0.3 is 16.6 Å². The van der Waals surface area contributed by atoms with Gasteiger partial charge in [0, 0.05) is 21.6 Å². The number of aromatic nitrogens is 9. The summed E-state index contributed by atoms with van der Waals surface area (Å²) >= 11 is 2.18. The van der Waals surface area contributed by atoms with E-state index in [1.807, 2.05) is 65.8 Å². The number of benzene rings is 2. The summed E-state index contributed by atoms with van der Waals surface area (Å²) in [4.78, 5) is 12.4. The van der Waals surface area contributed by atoms with Gasteiger partial charge in [-0.1, -0.05) is 53.7 Å². The van der Waals surface area contributed by atoms with Crippen LogP contribution in [0.3, 0.4) is 0 Å². The van der Waals surface area contributed by atoms with Crippen molar-refractivity contribution in [1.82, 2.24) is 43.3 Å². The molecule has 0 spiro atoms. The number of anilines is 2. The molecule has 0 atom stereocenters. The van der Waals surface area contributed by atoms with E-state index in [0.29, 0.717) is 27.3 Å². The summed E-state index contributed by atoms with van der Waals surface area (Å²) < 4.78 is 44.2. The van der Waals surface area contributed by atoms with Crippen molar-refractivity contribution in [3.8, 4) is 17.9 Å². The topological polar surface area (TPSA) is 276 Å². The van der Waals surface area contributed by atoms with E-state index in [2.05, 4.69) is 54.4 Å². The Labute approximate surface area is 309 Å². The van der Waals surface area contributed by atoms with Crippen LogP contribution in [0.4, 0.5) is 33.0 Å². The first-order valence-corrected chi connectivity index (χ1v) is 18.7. The van der Waals surface area contributed by atoms with E-state index in [4.69, 9.17) is 11.5 Å². The van der Waals surface area contributed by atoms with Crippen LogP contribution in [0.1, 0.15) is 52.9 Å². The quantitative estimate of drug-likeness (QED) is 0.0938. The maximum atomic E-state index is 11.8. The maximum Gasteiger partial charge on any atom is 0.320 e. The van der Waals surface area contributed by atoms with Crippen molar-refractivity contribution in [3.63, 3.8) is 0 Å². The number of azo groups is 2. The standard InChI is InChI=1S/C31H31N15O4S3/c1-30(2,3)21-19(37-39-25-15-9-7-8-10-17(15)43-51-25)23(32)45(41-21)27-34-28(36-29(47)35-27)46-24(33)20(22(42-46)31(4,5)6)38-40-26-16-13-14(53(48,49)50)11-12-18(16)44-52-26/h7-13H,32-33H2,1-6H3,(H,48,49,50)(H,34,35,36,47). The van der Waals surface area contributed by atoms with Gasteiger partial charge in [-0.2, -0.15) is 51.7 Å². The van der Waals surface area contributed by atoms with Gasteiger partial charge in [-0.3, -0.25) is 4.55 Å². The number of nitrogens with zero attached hydrogens (tertiary/aromatic N) is 13. The highest BCUT2D eigenvalue weighted by Crippen LogP contribution is 2.41. The van der Waals surface area contributed by atoms with Gasteiger partial charge in [-0.15, -0.1) is 20.5 Å². The van der Waals surface area contributed by atoms with Crippen LogP contribution in [0.5, 0.6) is 6.01 Å². The molecule has 0 amide bonds. The van der Waals surface area contributed by atoms with Gasteiger partial charge in [0.2, 0.25) is 0 Å². The van der Waals surface area contributed by atoms with Crippen molar-refractivity contribution in [3.05, 3.63) is 53.9 Å². The van der Waals surface area contributed by atoms with Crippen LogP contribution in [0, 0.1) is 0 Å². The molecule has 272 valence electrons. The molecule has 0 aliphatic rings. The van der Waals surface area contributed by atoms with E-state index >= 15 is 0 Å². The number of nitrogens with two attached hydrogens (primary N) is 2. The van der Waals surface area contributed by atoms with E-state index < -0.39 is 27.0 Å². The number of nitrogen functional groups attached to an aromatic ring is 2. The Morgan fingerprint density at radius 1 is 0.698 bits per heavy atom. The van der Waals surface area contributed by atoms with Crippen LogP contribution < -0.4 is 11.5 Å². The molecule has 0 aliphatic heterocycles. The predicted molar refractivity (Wildman–Crippen MR) is 199 cm³/mol. The molecule has 6 N–H and O–H groups in total. The fraction of sp³-hybridized carbons (Fsp3) is 0.258. The molecule has 2 aromatic carbocycles. The van der Waals surface area contributed by atoms with Gasteiger partial charge in [0.05, 0.1) is 27.3 Å². The lowest BCUT2D eigenvalue weighted by atomic mass is 9.91. The lowest BCUT2D eigenvalue weighted by Crippen LogP contribution is -2.16. The monoisotopic (exact) mass is 773 g/mol. The lowest BCUT2D eigenvalue weighted by molar-refractivity contribution is 0.423. The Balaban J connectivity index is 1.31. The third kappa shape index (κ3) is 6.67. The molecule has 22 heteroatoms. The molecule has 5 heterocycles. The molecule has 5 aromatic heterocycles. The zero-order valence-corrected chi connectivity index (χ0v) is 31.4. The van der Waals surface area contributed by atoms with E-state index in [0.717, 1.165) is 22.4 Å². The van der Waals surface area contributed by atoms with Crippen molar-refractivity contribution < 1.29 is 18.1 Å². The molecule has 0 saturated carbocycles. The van der Waals surface area contributed by atoms with Gasteiger partial charge in [-0.25, -0.2) is 0 Å². The summed E-state index contributed by atoms with van der Waals surface area (Å²) in [6.07, 6.45) is 0. The first-order chi connectivity index (χ1) is 24.9. The van der Waals surface area contributed by atoms with Gasteiger partial charge in [0.15, 0.2) is 33.0 Å². The van der Waals surface area contributed by atoms with E-state index in [1.54, 1.807) is 0 Å². The number of rotatable bonds is 7. The molecule has 0 unspecified atom stereocenters.